The van der Waals surface area contributed by atoms with Crippen LogP contribution >= 0.6 is 0 Å². The zero-order chi connectivity index (χ0) is 17.3. The number of hydrogen-bond donors (Lipinski definition) is 1. The summed E-state index contributed by atoms with van der Waals surface area (Å²) in [4.78, 5) is 12.1. The molecule has 0 aliphatic carbocycles. The molecule has 23 heavy (non-hydrogen) atoms. The Kier molecular flexibility index (Phi) is 5.12. The van der Waals surface area contributed by atoms with E-state index in [0.29, 0.717) is 5.69 Å². The molecule has 1 aliphatic heterocycles. The standard InChI is InChI=1S/C14H20N2O5S2/c1-11-4-3-5-12(8-11)15-14(17)9-16(22(2,18)19)13-6-7-23(20,21)10-13/h3-5,8,13H,6-7,9-10H2,1-2H3,(H,15,17). The summed E-state index contributed by atoms with van der Waals surface area (Å²) in [6.45, 7) is 1.48. The monoisotopic (exact) mass is 360 g/mol. The molecule has 0 aromatic heterocycles. The third-order valence-electron chi connectivity index (χ3n) is 3.64. The molecule has 1 saturated heterocycles. The summed E-state index contributed by atoms with van der Waals surface area (Å²) >= 11 is 0. The number of carbonyl (C=O) groups is 1. The number of nitrogens with zero attached hydrogens (tertiary/aromatic N) is 1. The van der Waals surface area contributed by atoms with E-state index in [2.05, 4.69) is 5.32 Å². The van der Waals surface area contributed by atoms with E-state index in [9.17, 15) is 21.6 Å². The number of sulfone groups is 1. The van der Waals surface area contributed by atoms with Crippen molar-refractivity contribution in [1.82, 2.24) is 4.31 Å². The normalized spacial score (nSPS) is 20.6. The molecule has 7 nitrogen and oxygen atoms in total. The van der Waals surface area contributed by atoms with Crippen molar-refractivity contribution in [2.24, 2.45) is 0 Å². The molecule has 1 aliphatic rings. The highest BCUT2D eigenvalue weighted by Crippen LogP contribution is 2.20. The van der Waals surface area contributed by atoms with Crippen molar-refractivity contribution in [2.45, 2.75) is 19.4 Å². The number of sulfonamides is 1. The van der Waals surface area contributed by atoms with Crippen LogP contribution in [0.25, 0.3) is 0 Å². The van der Waals surface area contributed by atoms with Gasteiger partial charge in [0.2, 0.25) is 15.9 Å². The Hall–Kier alpha value is -1.45. The van der Waals surface area contributed by atoms with E-state index in [-0.39, 0.29) is 17.9 Å². The lowest BCUT2D eigenvalue weighted by Crippen LogP contribution is -2.44. The maximum atomic E-state index is 12.1. The van der Waals surface area contributed by atoms with Crippen LogP contribution in [0, 0.1) is 6.92 Å². The van der Waals surface area contributed by atoms with Gasteiger partial charge in [0.05, 0.1) is 24.3 Å². The van der Waals surface area contributed by atoms with Crippen molar-refractivity contribution in [3.8, 4) is 0 Å². The summed E-state index contributed by atoms with van der Waals surface area (Å²) in [5.74, 6) is -0.786. The first-order valence-electron chi connectivity index (χ1n) is 7.10. The molecule has 9 heteroatoms. The topological polar surface area (TPSA) is 101 Å². The number of nitrogens with one attached hydrogen (secondary N) is 1. The summed E-state index contributed by atoms with van der Waals surface area (Å²) < 4.78 is 47.9. The Balaban J connectivity index is 2.11. The predicted molar refractivity (Wildman–Crippen MR) is 88.4 cm³/mol. The maximum absolute atomic E-state index is 12.1. The van der Waals surface area contributed by atoms with Gasteiger partial charge in [0.1, 0.15) is 0 Å². The van der Waals surface area contributed by atoms with Crippen LogP contribution in [0.3, 0.4) is 0 Å². The zero-order valence-corrected chi connectivity index (χ0v) is 14.7. The molecule has 1 N–H and O–H groups in total. The van der Waals surface area contributed by atoms with Gasteiger partial charge >= 0.3 is 0 Å². The van der Waals surface area contributed by atoms with Crippen molar-refractivity contribution in [3.05, 3.63) is 29.8 Å². The number of carbonyl (C=O) groups excluding carboxylic acids is 1. The zero-order valence-electron chi connectivity index (χ0n) is 13.0. The highest BCUT2D eigenvalue weighted by molar-refractivity contribution is 7.92. The fraction of sp³-hybridized carbons (Fsp3) is 0.500. The second-order valence-corrected chi connectivity index (χ2v) is 9.95. The fourth-order valence-corrected chi connectivity index (χ4v) is 5.48. The Morgan fingerprint density at radius 2 is 2.09 bits per heavy atom. The van der Waals surface area contributed by atoms with Crippen molar-refractivity contribution in [1.29, 1.82) is 0 Å². The molecule has 0 bridgehead atoms. The minimum absolute atomic E-state index is 0.0524. The van der Waals surface area contributed by atoms with Crippen LogP contribution in [-0.2, 0) is 24.7 Å². The molecule has 1 atom stereocenters. The number of rotatable bonds is 5. The van der Waals surface area contributed by atoms with E-state index in [4.69, 9.17) is 0 Å². The molecule has 1 amide bonds. The van der Waals surface area contributed by atoms with Crippen LogP contribution in [0.2, 0.25) is 0 Å². The Labute approximate surface area is 136 Å². The third kappa shape index (κ3) is 5.02. The Morgan fingerprint density at radius 3 is 2.61 bits per heavy atom. The van der Waals surface area contributed by atoms with Gasteiger partial charge in [0, 0.05) is 11.7 Å². The van der Waals surface area contributed by atoms with Crippen LogP contribution in [-0.4, -0.2) is 57.4 Å². The molecule has 1 aromatic carbocycles. The molecule has 2 rings (SSSR count). The molecule has 128 valence electrons. The third-order valence-corrected chi connectivity index (χ3v) is 6.67. The Bertz CT molecular complexity index is 802. The molecule has 1 unspecified atom stereocenters. The number of anilines is 1. The van der Waals surface area contributed by atoms with Crippen LogP contribution in [0.1, 0.15) is 12.0 Å². The van der Waals surface area contributed by atoms with Crippen LogP contribution < -0.4 is 5.32 Å². The van der Waals surface area contributed by atoms with Gasteiger partial charge < -0.3 is 5.32 Å². The lowest BCUT2D eigenvalue weighted by molar-refractivity contribution is -0.116. The second-order valence-electron chi connectivity index (χ2n) is 5.78. The number of amides is 1. The van der Waals surface area contributed by atoms with Gasteiger partial charge in [-0.2, -0.15) is 4.31 Å². The molecule has 1 heterocycles. The molecular weight excluding hydrogens is 340 g/mol. The molecule has 1 aromatic rings. The molecule has 0 spiro atoms. The summed E-state index contributed by atoms with van der Waals surface area (Å²) in [5, 5.41) is 2.64. The minimum Gasteiger partial charge on any atom is -0.325 e. The maximum Gasteiger partial charge on any atom is 0.239 e. The first kappa shape index (κ1) is 17.9. The van der Waals surface area contributed by atoms with Crippen molar-refractivity contribution >= 4 is 31.5 Å². The number of aryl methyl sites for hydroxylation is 1. The van der Waals surface area contributed by atoms with Gasteiger partial charge in [0.15, 0.2) is 9.84 Å². The van der Waals surface area contributed by atoms with E-state index in [1.54, 1.807) is 18.2 Å². The number of benzene rings is 1. The lowest BCUT2D eigenvalue weighted by atomic mass is 10.2. The first-order valence-corrected chi connectivity index (χ1v) is 10.8. The van der Waals surface area contributed by atoms with Crippen molar-refractivity contribution in [2.75, 3.05) is 29.6 Å². The summed E-state index contributed by atoms with van der Waals surface area (Å²) in [6, 6.07) is 6.45. The molecule has 0 saturated carbocycles. The van der Waals surface area contributed by atoms with Crippen LogP contribution in [0.4, 0.5) is 5.69 Å². The van der Waals surface area contributed by atoms with Crippen LogP contribution in [0.5, 0.6) is 0 Å². The van der Waals surface area contributed by atoms with E-state index in [1.165, 1.54) is 0 Å². The SMILES string of the molecule is Cc1cccc(NC(=O)CN(C2CCS(=O)(=O)C2)S(C)(=O)=O)c1. The van der Waals surface area contributed by atoms with Gasteiger partial charge in [0.25, 0.3) is 0 Å². The smallest absolute Gasteiger partial charge is 0.239 e. The van der Waals surface area contributed by atoms with Gasteiger partial charge in [-0.1, -0.05) is 12.1 Å². The predicted octanol–water partition coefficient (Wildman–Crippen LogP) is 0.382. The highest BCUT2D eigenvalue weighted by Gasteiger charge is 2.37. The van der Waals surface area contributed by atoms with E-state index < -0.39 is 38.4 Å². The second kappa shape index (κ2) is 6.58. The molecule has 1 fully saturated rings. The Morgan fingerprint density at radius 1 is 1.39 bits per heavy atom. The average molecular weight is 360 g/mol. The molecular formula is C14H20N2O5S2. The van der Waals surface area contributed by atoms with E-state index in [0.717, 1.165) is 16.1 Å². The molecule has 0 radical (unpaired) electrons. The summed E-state index contributed by atoms with van der Waals surface area (Å²) in [5.41, 5.74) is 1.53. The van der Waals surface area contributed by atoms with Crippen molar-refractivity contribution in [3.63, 3.8) is 0 Å². The minimum atomic E-state index is -3.69. The van der Waals surface area contributed by atoms with E-state index >= 15 is 0 Å². The quantitative estimate of drug-likeness (QED) is 0.818. The first-order chi connectivity index (χ1) is 10.6. The lowest BCUT2D eigenvalue weighted by Gasteiger charge is -2.24. The number of hydrogen-bond acceptors (Lipinski definition) is 5. The highest BCUT2D eigenvalue weighted by atomic mass is 32.2. The summed E-state index contributed by atoms with van der Waals surface area (Å²) in [7, 11) is -6.92. The van der Waals surface area contributed by atoms with Gasteiger partial charge in [-0.05, 0) is 31.0 Å². The van der Waals surface area contributed by atoms with Gasteiger partial charge in [-0.3, -0.25) is 4.79 Å². The van der Waals surface area contributed by atoms with Gasteiger partial charge in [-0.25, -0.2) is 16.8 Å². The van der Waals surface area contributed by atoms with Gasteiger partial charge in [-0.15, -0.1) is 0 Å². The largest absolute Gasteiger partial charge is 0.325 e. The van der Waals surface area contributed by atoms with E-state index in [1.807, 2.05) is 13.0 Å². The average Bonchev–Trinajstić information content (AvgIpc) is 2.74. The fourth-order valence-electron chi connectivity index (χ4n) is 2.58. The van der Waals surface area contributed by atoms with Crippen LogP contribution in [0.15, 0.2) is 24.3 Å². The summed E-state index contributed by atoms with van der Waals surface area (Å²) in [6.07, 6.45) is 1.20. The van der Waals surface area contributed by atoms with Crippen molar-refractivity contribution < 1.29 is 21.6 Å².